The van der Waals surface area contributed by atoms with Crippen molar-refractivity contribution < 1.29 is 13.2 Å². The number of carbonyl (C=O) groups excluding carboxylic acids is 1. The minimum Gasteiger partial charge on any atom is -0.336 e. The number of carbonyl (C=O) groups is 1. The Balaban J connectivity index is 1.86. The summed E-state index contributed by atoms with van der Waals surface area (Å²) in [4.78, 5) is 13.9. The summed E-state index contributed by atoms with van der Waals surface area (Å²) >= 11 is 0. The highest BCUT2D eigenvalue weighted by Gasteiger charge is 2.29. The average molecular weight is 353 g/mol. The van der Waals surface area contributed by atoms with Gasteiger partial charge in [-0.15, -0.1) is 0 Å². The number of sulfonamides is 1. The van der Waals surface area contributed by atoms with Gasteiger partial charge in [-0.05, 0) is 18.9 Å². The average Bonchev–Trinajstić information content (AvgIpc) is 2.55. The number of hydrogen-bond donors (Lipinski definition) is 1. The maximum absolute atomic E-state index is 12.5. The van der Waals surface area contributed by atoms with E-state index < -0.39 is 10.0 Å². The van der Waals surface area contributed by atoms with Gasteiger partial charge in [0.15, 0.2) is 0 Å². The summed E-state index contributed by atoms with van der Waals surface area (Å²) in [6.07, 6.45) is 1.96. The van der Waals surface area contributed by atoms with E-state index in [1.165, 1.54) is 4.31 Å². The second-order valence-electron chi connectivity index (χ2n) is 6.27. The Morgan fingerprint density at radius 2 is 1.79 bits per heavy atom. The van der Waals surface area contributed by atoms with E-state index in [0.717, 1.165) is 18.4 Å². The van der Waals surface area contributed by atoms with Crippen molar-refractivity contribution in [3.8, 4) is 0 Å². The van der Waals surface area contributed by atoms with Crippen LogP contribution in [0.15, 0.2) is 30.3 Å². The SMILES string of the molecule is CCCC(C)NC(=O)N1CCN(S(=O)(=O)Cc2ccccc2)CC1. The Bertz CT molecular complexity index is 626. The second kappa shape index (κ2) is 8.48. The molecule has 1 aliphatic heterocycles. The van der Waals surface area contributed by atoms with E-state index in [1.807, 2.05) is 37.3 Å². The van der Waals surface area contributed by atoms with Crippen molar-refractivity contribution in [3.05, 3.63) is 35.9 Å². The van der Waals surface area contributed by atoms with Gasteiger partial charge in [-0.1, -0.05) is 43.7 Å². The molecular formula is C17H27N3O3S. The Morgan fingerprint density at radius 1 is 1.17 bits per heavy atom. The summed E-state index contributed by atoms with van der Waals surface area (Å²) in [5, 5.41) is 2.96. The maximum Gasteiger partial charge on any atom is 0.317 e. The van der Waals surface area contributed by atoms with E-state index >= 15 is 0 Å². The van der Waals surface area contributed by atoms with Crippen molar-refractivity contribution in [1.82, 2.24) is 14.5 Å². The van der Waals surface area contributed by atoms with E-state index in [4.69, 9.17) is 0 Å². The molecule has 1 heterocycles. The van der Waals surface area contributed by atoms with Crippen LogP contribution in [0.4, 0.5) is 4.79 Å². The molecule has 0 saturated carbocycles. The maximum atomic E-state index is 12.5. The monoisotopic (exact) mass is 353 g/mol. The summed E-state index contributed by atoms with van der Waals surface area (Å²) in [5.41, 5.74) is 0.783. The molecule has 134 valence electrons. The number of piperazine rings is 1. The van der Waals surface area contributed by atoms with Crippen LogP contribution in [0.1, 0.15) is 32.3 Å². The zero-order chi connectivity index (χ0) is 17.6. The Labute approximate surface area is 144 Å². The van der Waals surface area contributed by atoms with Gasteiger partial charge in [-0.2, -0.15) is 4.31 Å². The van der Waals surface area contributed by atoms with Crippen LogP contribution >= 0.6 is 0 Å². The van der Waals surface area contributed by atoms with Gasteiger partial charge in [0.05, 0.1) is 5.75 Å². The predicted octanol–water partition coefficient (Wildman–Crippen LogP) is 2.03. The number of benzene rings is 1. The normalized spacial score (nSPS) is 17.5. The molecule has 24 heavy (non-hydrogen) atoms. The number of nitrogens with zero attached hydrogens (tertiary/aromatic N) is 2. The number of urea groups is 1. The van der Waals surface area contributed by atoms with Crippen molar-refractivity contribution in [2.24, 2.45) is 0 Å². The van der Waals surface area contributed by atoms with Crippen LogP contribution in [0, 0.1) is 0 Å². The molecule has 1 unspecified atom stereocenters. The molecule has 7 heteroatoms. The van der Waals surface area contributed by atoms with E-state index in [2.05, 4.69) is 12.2 Å². The highest BCUT2D eigenvalue weighted by atomic mass is 32.2. The highest BCUT2D eigenvalue weighted by Crippen LogP contribution is 2.13. The van der Waals surface area contributed by atoms with Crippen LogP contribution in [-0.4, -0.2) is 55.9 Å². The van der Waals surface area contributed by atoms with Crippen LogP contribution in [0.5, 0.6) is 0 Å². The molecular weight excluding hydrogens is 326 g/mol. The number of amides is 2. The first-order chi connectivity index (χ1) is 11.4. The number of hydrogen-bond acceptors (Lipinski definition) is 3. The largest absolute Gasteiger partial charge is 0.336 e. The topological polar surface area (TPSA) is 69.7 Å². The zero-order valence-corrected chi connectivity index (χ0v) is 15.3. The third-order valence-electron chi connectivity index (χ3n) is 4.20. The summed E-state index contributed by atoms with van der Waals surface area (Å²) in [7, 11) is -3.34. The molecule has 0 aliphatic carbocycles. The first kappa shape index (κ1) is 18.7. The smallest absolute Gasteiger partial charge is 0.317 e. The minimum absolute atomic E-state index is 0.00751. The summed E-state index contributed by atoms with van der Waals surface area (Å²) in [6, 6.07) is 9.22. The zero-order valence-electron chi connectivity index (χ0n) is 14.4. The van der Waals surface area contributed by atoms with Gasteiger partial charge in [-0.25, -0.2) is 13.2 Å². The molecule has 1 atom stereocenters. The van der Waals surface area contributed by atoms with Crippen molar-refractivity contribution in [2.45, 2.75) is 38.5 Å². The molecule has 1 saturated heterocycles. The molecule has 6 nitrogen and oxygen atoms in total. The van der Waals surface area contributed by atoms with Gasteiger partial charge in [-0.3, -0.25) is 0 Å². The molecule has 0 radical (unpaired) electrons. The van der Waals surface area contributed by atoms with Crippen LogP contribution in [0.25, 0.3) is 0 Å². The molecule has 1 aromatic rings. The third kappa shape index (κ3) is 5.21. The van der Waals surface area contributed by atoms with Gasteiger partial charge in [0.1, 0.15) is 0 Å². The molecule has 1 fully saturated rings. The lowest BCUT2D eigenvalue weighted by Crippen LogP contribution is -2.54. The molecule has 1 aliphatic rings. The van der Waals surface area contributed by atoms with E-state index in [0.29, 0.717) is 26.2 Å². The summed E-state index contributed by atoms with van der Waals surface area (Å²) < 4.78 is 26.5. The fourth-order valence-corrected chi connectivity index (χ4v) is 4.37. The quantitative estimate of drug-likeness (QED) is 0.851. The Kier molecular flexibility index (Phi) is 6.62. The Hall–Kier alpha value is -1.60. The van der Waals surface area contributed by atoms with Crippen LogP contribution in [-0.2, 0) is 15.8 Å². The van der Waals surface area contributed by atoms with Crippen molar-refractivity contribution in [2.75, 3.05) is 26.2 Å². The van der Waals surface area contributed by atoms with Crippen LogP contribution in [0.2, 0.25) is 0 Å². The fraction of sp³-hybridized carbons (Fsp3) is 0.588. The van der Waals surface area contributed by atoms with Gasteiger partial charge >= 0.3 is 6.03 Å². The fourth-order valence-electron chi connectivity index (χ4n) is 2.85. The summed E-state index contributed by atoms with van der Waals surface area (Å²) in [6.45, 7) is 5.63. The molecule has 0 spiro atoms. The predicted molar refractivity (Wildman–Crippen MR) is 95.1 cm³/mol. The summed E-state index contributed by atoms with van der Waals surface area (Å²) in [5.74, 6) is 0.00751. The van der Waals surface area contributed by atoms with Crippen LogP contribution in [0.3, 0.4) is 0 Å². The molecule has 0 bridgehead atoms. The Morgan fingerprint density at radius 3 is 2.38 bits per heavy atom. The molecule has 1 aromatic carbocycles. The molecule has 2 rings (SSSR count). The van der Waals surface area contributed by atoms with Gasteiger partial charge in [0, 0.05) is 32.2 Å². The first-order valence-corrected chi connectivity index (χ1v) is 10.1. The van der Waals surface area contributed by atoms with Crippen molar-refractivity contribution >= 4 is 16.1 Å². The van der Waals surface area contributed by atoms with Gasteiger partial charge in [0.25, 0.3) is 0 Å². The highest BCUT2D eigenvalue weighted by molar-refractivity contribution is 7.88. The first-order valence-electron chi connectivity index (χ1n) is 8.49. The lowest BCUT2D eigenvalue weighted by molar-refractivity contribution is 0.169. The lowest BCUT2D eigenvalue weighted by Gasteiger charge is -2.34. The lowest BCUT2D eigenvalue weighted by atomic mass is 10.2. The van der Waals surface area contributed by atoms with Crippen molar-refractivity contribution in [3.63, 3.8) is 0 Å². The van der Waals surface area contributed by atoms with E-state index in [-0.39, 0.29) is 17.8 Å². The number of rotatable bonds is 6. The molecule has 2 amide bonds. The van der Waals surface area contributed by atoms with Crippen LogP contribution < -0.4 is 5.32 Å². The second-order valence-corrected chi connectivity index (χ2v) is 8.24. The van der Waals surface area contributed by atoms with E-state index in [1.54, 1.807) is 4.90 Å². The third-order valence-corrected chi connectivity index (χ3v) is 6.05. The van der Waals surface area contributed by atoms with Gasteiger partial charge < -0.3 is 10.2 Å². The van der Waals surface area contributed by atoms with E-state index in [9.17, 15) is 13.2 Å². The minimum atomic E-state index is -3.34. The van der Waals surface area contributed by atoms with Gasteiger partial charge in [0.2, 0.25) is 10.0 Å². The van der Waals surface area contributed by atoms with Crippen molar-refractivity contribution in [1.29, 1.82) is 0 Å². The standard InChI is InChI=1S/C17H27N3O3S/c1-3-7-15(2)18-17(21)19-10-12-20(13-11-19)24(22,23)14-16-8-5-4-6-9-16/h4-6,8-9,15H,3,7,10-14H2,1-2H3,(H,18,21). The molecule has 1 N–H and O–H groups in total. The molecule has 0 aromatic heterocycles. The number of nitrogens with one attached hydrogen (secondary N) is 1.